The van der Waals surface area contributed by atoms with Gasteiger partial charge in [0.15, 0.2) is 0 Å². The van der Waals surface area contributed by atoms with Crippen molar-refractivity contribution < 1.29 is 4.74 Å². The molecule has 0 aliphatic rings. The van der Waals surface area contributed by atoms with E-state index < -0.39 is 0 Å². The fourth-order valence-corrected chi connectivity index (χ4v) is 3.71. The summed E-state index contributed by atoms with van der Waals surface area (Å²) < 4.78 is 6.19. The summed E-state index contributed by atoms with van der Waals surface area (Å²) in [6.07, 6.45) is 0. The van der Waals surface area contributed by atoms with Crippen molar-refractivity contribution in [1.29, 1.82) is 0 Å². The number of fused-ring (bicyclic) bond motifs is 1. The molecule has 4 heteroatoms. The van der Waals surface area contributed by atoms with Crippen LogP contribution in [-0.2, 0) is 13.2 Å². The van der Waals surface area contributed by atoms with Crippen molar-refractivity contribution in [1.82, 2.24) is 0 Å². The van der Waals surface area contributed by atoms with E-state index in [-0.39, 0.29) is 0 Å². The summed E-state index contributed by atoms with van der Waals surface area (Å²) in [5.41, 5.74) is 4.19. The number of nitrogens with one attached hydrogen (secondary N) is 1. The fourth-order valence-electron chi connectivity index (χ4n) is 3.31. The van der Waals surface area contributed by atoms with Crippen LogP contribution in [0.15, 0.2) is 78.9 Å². The van der Waals surface area contributed by atoms with E-state index in [1.807, 2.05) is 61.5 Å². The highest BCUT2D eigenvalue weighted by Crippen LogP contribution is 2.30. The van der Waals surface area contributed by atoms with Gasteiger partial charge >= 0.3 is 0 Å². The molecular formula is C25H21Cl2NO. The first kappa shape index (κ1) is 19.6. The molecule has 0 aliphatic heterocycles. The van der Waals surface area contributed by atoms with Crippen LogP contribution in [0.2, 0.25) is 10.0 Å². The van der Waals surface area contributed by atoms with E-state index in [4.69, 9.17) is 27.9 Å². The standard InChI is InChI=1S/C25H21Cl2NO/c1-17-9-11-21(14-24(17)27)28-15-23-22-8-3-2-6-19(22)10-12-25(23)29-16-18-5-4-7-20(26)13-18/h2-14,28H,15-16H2,1H3. The van der Waals surface area contributed by atoms with Crippen LogP contribution in [0.25, 0.3) is 10.8 Å². The SMILES string of the molecule is Cc1ccc(NCc2c(OCc3cccc(Cl)c3)ccc3ccccc23)cc1Cl. The van der Waals surface area contributed by atoms with Gasteiger partial charge in [0.2, 0.25) is 0 Å². The largest absolute Gasteiger partial charge is 0.489 e. The maximum absolute atomic E-state index is 6.28. The predicted molar refractivity (Wildman–Crippen MR) is 123 cm³/mol. The molecule has 146 valence electrons. The highest BCUT2D eigenvalue weighted by atomic mass is 35.5. The molecule has 0 spiro atoms. The molecule has 0 heterocycles. The van der Waals surface area contributed by atoms with Crippen molar-refractivity contribution in [2.45, 2.75) is 20.1 Å². The van der Waals surface area contributed by atoms with Crippen molar-refractivity contribution in [3.8, 4) is 5.75 Å². The van der Waals surface area contributed by atoms with Gasteiger partial charge in [-0.05, 0) is 59.2 Å². The monoisotopic (exact) mass is 421 g/mol. The Hall–Kier alpha value is -2.68. The minimum atomic E-state index is 0.461. The lowest BCUT2D eigenvalue weighted by molar-refractivity contribution is 0.304. The highest BCUT2D eigenvalue weighted by molar-refractivity contribution is 6.31. The first-order valence-corrected chi connectivity index (χ1v) is 10.2. The van der Waals surface area contributed by atoms with Crippen molar-refractivity contribution in [2.75, 3.05) is 5.32 Å². The lowest BCUT2D eigenvalue weighted by atomic mass is 10.0. The Labute approximate surface area is 181 Å². The average Bonchev–Trinajstić information content (AvgIpc) is 2.73. The third-order valence-corrected chi connectivity index (χ3v) is 5.56. The van der Waals surface area contributed by atoms with Gasteiger partial charge in [0.05, 0.1) is 0 Å². The first-order chi connectivity index (χ1) is 14.1. The highest BCUT2D eigenvalue weighted by Gasteiger charge is 2.10. The number of ether oxygens (including phenoxy) is 1. The smallest absolute Gasteiger partial charge is 0.125 e. The maximum atomic E-state index is 6.28. The number of halogens is 2. The summed E-state index contributed by atoms with van der Waals surface area (Å²) in [7, 11) is 0. The second-order valence-electron chi connectivity index (χ2n) is 7.00. The number of hydrogen-bond donors (Lipinski definition) is 1. The van der Waals surface area contributed by atoms with E-state index >= 15 is 0 Å². The van der Waals surface area contributed by atoms with Crippen molar-refractivity contribution >= 4 is 39.7 Å². The molecule has 0 aromatic heterocycles. The van der Waals surface area contributed by atoms with E-state index in [0.29, 0.717) is 18.2 Å². The summed E-state index contributed by atoms with van der Waals surface area (Å²) >= 11 is 12.4. The van der Waals surface area contributed by atoms with Gasteiger partial charge in [-0.1, -0.05) is 71.7 Å². The molecule has 0 radical (unpaired) electrons. The van der Waals surface area contributed by atoms with Crippen molar-refractivity contribution in [3.05, 3.63) is 106 Å². The molecule has 4 rings (SSSR count). The van der Waals surface area contributed by atoms with Crippen LogP contribution in [0.5, 0.6) is 5.75 Å². The predicted octanol–water partition coefficient (Wildman–Crippen LogP) is 7.65. The van der Waals surface area contributed by atoms with Gasteiger partial charge in [-0.25, -0.2) is 0 Å². The van der Waals surface area contributed by atoms with Crippen LogP contribution in [-0.4, -0.2) is 0 Å². The number of hydrogen-bond acceptors (Lipinski definition) is 2. The van der Waals surface area contributed by atoms with Crippen molar-refractivity contribution in [3.63, 3.8) is 0 Å². The number of anilines is 1. The quantitative estimate of drug-likeness (QED) is 0.345. The van der Waals surface area contributed by atoms with Crippen LogP contribution in [0, 0.1) is 6.92 Å². The zero-order valence-corrected chi connectivity index (χ0v) is 17.6. The number of rotatable bonds is 6. The molecule has 0 aliphatic carbocycles. The van der Waals surface area contributed by atoms with E-state index in [0.717, 1.165) is 33.1 Å². The fraction of sp³-hybridized carbons (Fsp3) is 0.120. The van der Waals surface area contributed by atoms with Crippen LogP contribution in [0.3, 0.4) is 0 Å². The molecule has 0 unspecified atom stereocenters. The second-order valence-corrected chi connectivity index (χ2v) is 7.84. The molecule has 0 bridgehead atoms. The summed E-state index contributed by atoms with van der Waals surface area (Å²) in [5, 5.41) is 7.30. The first-order valence-electron chi connectivity index (χ1n) is 9.48. The third kappa shape index (κ3) is 4.67. The van der Waals surface area contributed by atoms with Gasteiger partial charge < -0.3 is 10.1 Å². The Morgan fingerprint density at radius 3 is 2.55 bits per heavy atom. The van der Waals surface area contributed by atoms with Gasteiger partial charge in [-0.3, -0.25) is 0 Å². The van der Waals surface area contributed by atoms with Crippen LogP contribution >= 0.6 is 23.2 Å². The molecule has 0 atom stereocenters. The third-order valence-electron chi connectivity index (χ3n) is 4.92. The summed E-state index contributed by atoms with van der Waals surface area (Å²) in [5.74, 6) is 0.856. The Morgan fingerprint density at radius 1 is 0.862 bits per heavy atom. The van der Waals surface area contributed by atoms with Crippen LogP contribution in [0.1, 0.15) is 16.7 Å². The molecule has 0 amide bonds. The summed E-state index contributed by atoms with van der Waals surface area (Å²) in [6.45, 7) is 3.09. The molecule has 1 N–H and O–H groups in total. The van der Waals surface area contributed by atoms with E-state index in [1.165, 1.54) is 10.8 Å². The molecule has 29 heavy (non-hydrogen) atoms. The Bertz CT molecular complexity index is 1160. The van der Waals surface area contributed by atoms with Gasteiger partial charge in [-0.2, -0.15) is 0 Å². The lowest BCUT2D eigenvalue weighted by Gasteiger charge is -2.16. The summed E-state index contributed by atoms with van der Waals surface area (Å²) in [6, 6.07) is 26.2. The molecule has 0 saturated carbocycles. The Morgan fingerprint density at radius 2 is 1.72 bits per heavy atom. The maximum Gasteiger partial charge on any atom is 0.125 e. The van der Waals surface area contributed by atoms with Gasteiger partial charge in [0, 0.05) is 27.8 Å². The minimum absolute atomic E-state index is 0.461. The van der Waals surface area contributed by atoms with E-state index in [1.54, 1.807) is 0 Å². The van der Waals surface area contributed by atoms with Gasteiger partial charge in [0.25, 0.3) is 0 Å². The van der Waals surface area contributed by atoms with Crippen molar-refractivity contribution in [2.24, 2.45) is 0 Å². The molecule has 4 aromatic carbocycles. The van der Waals surface area contributed by atoms with E-state index in [2.05, 4.69) is 29.6 Å². The molecule has 4 aromatic rings. The minimum Gasteiger partial charge on any atom is -0.489 e. The molecular weight excluding hydrogens is 401 g/mol. The zero-order valence-electron chi connectivity index (χ0n) is 16.1. The Balaban J connectivity index is 1.62. The van der Waals surface area contributed by atoms with Crippen LogP contribution in [0.4, 0.5) is 5.69 Å². The van der Waals surface area contributed by atoms with Gasteiger partial charge in [-0.15, -0.1) is 0 Å². The van der Waals surface area contributed by atoms with Gasteiger partial charge in [0.1, 0.15) is 12.4 Å². The van der Waals surface area contributed by atoms with Crippen LogP contribution < -0.4 is 10.1 Å². The topological polar surface area (TPSA) is 21.3 Å². The molecule has 2 nitrogen and oxygen atoms in total. The normalized spacial score (nSPS) is 10.9. The number of aryl methyl sites for hydroxylation is 1. The van der Waals surface area contributed by atoms with E-state index in [9.17, 15) is 0 Å². The Kier molecular flexibility index (Phi) is 5.94. The second kappa shape index (κ2) is 8.77. The molecule has 0 saturated heterocycles. The molecule has 0 fully saturated rings. The summed E-state index contributed by atoms with van der Waals surface area (Å²) in [4.78, 5) is 0. The number of benzene rings is 4. The zero-order chi connectivity index (χ0) is 20.2. The average molecular weight is 422 g/mol. The lowest BCUT2D eigenvalue weighted by Crippen LogP contribution is -2.05.